The van der Waals surface area contributed by atoms with E-state index in [1.54, 1.807) is 16.9 Å². The van der Waals surface area contributed by atoms with Gasteiger partial charge in [-0.1, -0.05) is 66.7 Å². The van der Waals surface area contributed by atoms with Gasteiger partial charge in [0.25, 0.3) is 11.8 Å². The Balaban J connectivity index is 1.48. The van der Waals surface area contributed by atoms with E-state index in [0.29, 0.717) is 17.0 Å². The molecule has 0 saturated heterocycles. The minimum atomic E-state index is -0.477. The Morgan fingerprint density at radius 1 is 0.875 bits per heavy atom. The molecular formula is C25H22N4O3. The maximum atomic E-state index is 12.9. The van der Waals surface area contributed by atoms with Crippen molar-refractivity contribution in [3.63, 3.8) is 0 Å². The molecule has 0 bridgehead atoms. The number of nitrogens with one attached hydrogen (secondary N) is 2. The van der Waals surface area contributed by atoms with Crippen molar-refractivity contribution < 1.29 is 14.3 Å². The zero-order chi connectivity index (χ0) is 22.3. The molecule has 1 aromatic heterocycles. The largest absolute Gasteiger partial charge is 0.483 e. The van der Waals surface area contributed by atoms with Gasteiger partial charge in [0.2, 0.25) is 0 Å². The predicted molar refractivity (Wildman–Crippen MR) is 121 cm³/mol. The summed E-state index contributed by atoms with van der Waals surface area (Å²) < 4.78 is 7.15. The highest BCUT2D eigenvalue weighted by molar-refractivity contribution is 6.00. The third-order valence-corrected chi connectivity index (χ3v) is 4.79. The molecule has 4 aromatic rings. The highest BCUT2D eigenvalue weighted by Crippen LogP contribution is 2.23. The molecule has 0 aliphatic carbocycles. The molecule has 7 heteroatoms. The number of hydrogen-bond donors (Lipinski definition) is 2. The Morgan fingerprint density at radius 2 is 1.53 bits per heavy atom. The summed E-state index contributed by atoms with van der Waals surface area (Å²) in [5.74, 6) is -0.335. The van der Waals surface area contributed by atoms with E-state index in [1.165, 1.54) is 0 Å². The number of benzene rings is 3. The summed E-state index contributed by atoms with van der Waals surface area (Å²) in [4.78, 5) is 25.1. The number of amides is 2. The van der Waals surface area contributed by atoms with Crippen molar-refractivity contribution in [3.05, 3.63) is 102 Å². The SMILES string of the molecule is Cc1ccccc1OCC(=O)NNC(=O)c1cn(-c2ccccc2)nc1-c1ccccc1. The van der Waals surface area contributed by atoms with Crippen molar-refractivity contribution in [1.29, 1.82) is 0 Å². The summed E-state index contributed by atoms with van der Waals surface area (Å²) in [6.45, 7) is 1.67. The smallest absolute Gasteiger partial charge is 0.276 e. The van der Waals surface area contributed by atoms with E-state index < -0.39 is 11.8 Å². The fraction of sp³-hybridized carbons (Fsp3) is 0.0800. The van der Waals surface area contributed by atoms with E-state index >= 15 is 0 Å². The second kappa shape index (κ2) is 9.61. The van der Waals surface area contributed by atoms with Gasteiger partial charge in [-0.3, -0.25) is 20.4 Å². The maximum absolute atomic E-state index is 12.9. The van der Waals surface area contributed by atoms with Crippen LogP contribution in [-0.4, -0.2) is 28.2 Å². The van der Waals surface area contributed by atoms with Gasteiger partial charge in [-0.05, 0) is 30.7 Å². The van der Waals surface area contributed by atoms with Gasteiger partial charge < -0.3 is 4.74 Å². The molecular weight excluding hydrogens is 404 g/mol. The van der Waals surface area contributed by atoms with Gasteiger partial charge >= 0.3 is 0 Å². The van der Waals surface area contributed by atoms with Crippen LogP contribution in [-0.2, 0) is 4.79 Å². The fourth-order valence-electron chi connectivity index (χ4n) is 3.15. The van der Waals surface area contributed by atoms with Crippen LogP contribution in [0.3, 0.4) is 0 Å². The third kappa shape index (κ3) is 4.84. The van der Waals surface area contributed by atoms with Gasteiger partial charge in [0.1, 0.15) is 11.4 Å². The van der Waals surface area contributed by atoms with E-state index in [9.17, 15) is 9.59 Å². The number of carbonyl (C=O) groups is 2. The second-order valence-electron chi connectivity index (χ2n) is 7.09. The number of aryl methyl sites for hydroxylation is 1. The molecule has 0 saturated carbocycles. The van der Waals surface area contributed by atoms with E-state index in [4.69, 9.17) is 4.74 Å². The fourth-order valence-corrected chi connectivity index (χ4v) is 3.15. The first kappa shape index (κ1) is 20.9. The van der Waals surface area contributed by atoms with Crippen LogP contribution in [0.15, 0.2) is 91.1 Å². The van der Waals surface area contributed by atoms with Gasteiger partial charge in [-0.15, -0.1) is 0 Å². The summed E-state index contributed by atoms with van der Waals surface area (Å²) in [5, 5.41) is 4.60. The van der Waals surface area contributed by atoms with E-state index in [2.05, 4.69) is 16.0 Å². The molecule has 32 heavy (non-hydrogen) atoms. The summed E-state index contributed by atoms with van der Waals surface area (Å²) >= 11 is 0. The van der Waals surface area contributed by atoms with Crippen LogP contribution >= 0.6 is 0 Å². The van der Waals surface area contributed by atoms with Gasteiger partial charge in [0, 0.05) is 11.8 Å². The first-order chi connectivity index (χ1) is 15.6. The van der Waals surface area contributed by atoms with E-state index in [0.717, 1.165) is 16.8 Å². The molecule has 0 radical (unpaired) electrons. The van der Waals surface area contributed by atoms with Gasteiger partial charge in [0.15, 0.2) is 6.61 Å². The monoisotopic (exact) mass is 426 g/mol. The van der Waals surface area contributed by atoms with Crippen molar-refractivity contribution in [2.24, 2.45) is 0 Å². The first-order valence-corrected chi connectivity index (χ1v) is 10.1. The van der Waals surface area contributed by atoms with Crippen LogP contribution in [0, 0.1) is 6.92 Å². The molecule has 160 valence electrons. The maximum Gasteiger partial charge on any atom is 0.276 e. The summed E-state index contributed by atoms with van der Waals surface area (Å²) in [6.07, 6.45) is 1.64. The summed E-state index contributed by atoms with van der Waals surface area (Å²) in [5.41, 5.74) is 8.23. The van der Waals surface area contributed by atoms with Crippen LogP contribution in [0.4, 0.5) is 0 Å². The average molecular weight is 426 g/mol. The molecule has 4 rings (SSSR count). The third-order valence-electron chi connectivity index (χ3n) is 4.79. The zero-order valence-corrected chi connectivity index (χ0v) is 17.5. The number of hydrogen-bond acceptors (Lipinski definition) is 4. The van der Waals surface area contributed by atoms with Gasteiger partial charge in [-0.25, -0.2) is 4.68 Å². The Morgan fingerprint density at radius 3 is 2.25 bits per heavy atom. The Kier molecular flexibility index (Phi) is 6.27. The van der Waals surface area contributed by atoms with Crippen LogP contribution < -0.4 is 15.6 Å². The predicted octanol–water partition coefficient (Wildman–Crippen LogP) is 3.69. The van der Waals surface area contributed by atoms with Crippen molar-refractivity contribution in [3.8, 4) is 22.7 Å². The minimum absolute atomic E-state index is 0.222. The number of para-hydroxylation sites is 2. The number of aromatic nitrogens is 2. The van der Waals surface area contributed by atoms with E-state index in [1.807, 2.05) is 85.8 Å². The van der Waals surface area contributed by atoms with Crippen LogP contribution in [0.2, 0.25) is 0 Å². The van der Waals surface area contributed by atoms with Crippen LogP contribution in [0.5, 0.6) is 5.75 Å². The Labute approximate surface area is 185 Å². The topological polar surface area (TPSA) is 85.3 Å². The molecule has 0 aliphatic heterocycles. The first-order valence-electron chi connectivity index (χ1n) is 10.1. The van der Waals surface area contributed by atoms with Gasteiger partial charge in [-0.2, -0.15) is 5.10 Å². The molecule has 0 unspecified atom stereocenters. The van der Waals surface area contributed by atoms with Crippen LogP contribution in [0.25, 0.3) is 16.9 Å². The second-order valence-corrected chi connectivity index (χ2v) is 7.09. The molecule has 2 N–H and O–H groups in total. The molecule has 0 atom stereocenters. The molecule has 7 nitrogen and oxygen atoms in total. The van der Waals surface area contributed by atoms with Gasteiger partial charge in [0.05, 0.1) is 11.3 Å². The normalized spacial score (nSPS) is 10.4. The quantitative estimate of drug-likeness (QED) is 0.461. The number of hydrazine groups is 1. The number of ether oxygens (including phenoxy) is 1. The zero-order valence-electron chi connectivity index (χ0n) is 17.5. The average Bonchev–Trinajstić information content (AvgIpc) is 3.29. The molecule has 0 fully saturated rings. The lowest BCUT2D eigenvalue weighted by atomic mass is 10.1. The van der Waals surface area contributed by atoms with Crippen LogP contribution in [0.1, 0.15) is 15.9 Å². The summed E-state index contributed by atoms with van der Waals surface area (Å²) in [7, 11) is 0. The van der Waals surface area contributed by atoms with Crippen molar-refractivity contribution >= 4 is 11.8 Å². The molecule has 1 heterocycles. The lowest BCUT2D eigenvalue weighted by molar-refractivity contribution is -0.123. The number of nitrogens with zero attached hydrogens (tertiary/aromatic N) is 2. The van der Waals surface area contributed by atoms with Crippen molar-refractivity contribution in [2.45, 2.75) is 6.92 Å². The highest BCUT2D eigenvalue weighted by atomic mass is 16.5. The molecule has 2 amide bonds. The van der Waals surface area contributed by atoms with Crippen molar-refractivity contribution in [1.82, 2.24) is 20.6 Å². The lowest BCUT2D eigenvalue weighted by Crippen LogP contribution is -2.43. The highest BCUT2D eigenvalue weighted by Gasteiger charge is 2.19. The summed E-state index contributed by atoms with van der Waals surface area (Å²) in [6, 6.07) is 26.3. The number of carbonyl (C=O) groups excluding carboxylic acids is 2. The Hall–Kier alpha value is -4.39. The van der Waals surface area contributed by atoms with Crippen molar-refractivity contribution in [2.75, 3.05) is 6.61 Å². The van der Waals surface area contributed by atoms with E-state index in [-0.39, 0.29) is 6.61 Å². The number of rotatable bonds is 6. The molecule has 0 aliphatic rings. The Bertz CT molecular complexity index is 1220. The lowest BCUT2D eigenvalue weighted by Gasteiger charge is -2.10. The standard InChI is InChI=1S/C25H22N4O3/c1-18-10-8-9-15-22(18)32-17-23(30)26-27-25(31)21-16-29(20-13-6-3-7-14-20)28-24(21)19-11-4-2-5-12-19/h2-16H,17H2,1H3,(H,26,30)(H,27,31). The molecule has 0 spiro atoms. The molecule has 3 aromatic carbocycles. The minimum Gasteiger partial charge on any atom is -0.483 e.